The van der Waals surface area contributed by atoms with Crippen molar-refractivity contribution in [3.8, 4) is 5.75 Å². The monoisotopic (exact) mass is 245 g/mol. The smallest absolute Gasteiger partial charge is 0.138 e. The van der Waals surface area contributed by atoms with E-state index in [0.717, 1.165) is 10.2 Å². The predicted octanol–water partition coefficient (Wildman–Crippen LogP) is 2.11. The van der Waals surface area contributed by atoms with Gasteiger partial charge in [0.05, 0.1) is 0 Å². The Morgan fingerprint density at radius 2 is 2.00 bits per heavy atom. The minimum atomic E-state index is 0.289. The third-order valence-electron chi connectivity index (χ3n) is 1.19. The Labute approximate surface area is 84.8 Å². The number of benzene rings is 1. The van der Waals surface area contributed by atoms with E-state index in [1.54, 1.807) is 0 Å². The largest absolute Gasteiger partial charge is 0.487 e. The molecule has 0 radical (unpaired) electrons. The molecule has 1 aromatic rings. The van der Waals surface area contributed by atoms with Crippen LogP contribution in [0.15, 0.2) is 28.7 Å². The Morgan fingerprint density at radius 1 is 1.42 bits per heavy atom. The van der Waals surface area contributed by atoms with Crippen LogP contribution in [0.1, 0.15) is 0 Å². The van der Waals surface area contributed by atoms with Gasteiger partial charge in [-0.25, -0.2) is 0 Å². The summed E-state index contributed by atoms with van der Waals surface area (Å²) in [5.74, 6) is 0.769. The lowest BCUT2D eigenvalue weighted by atomic mass is 10.3. The molecular weight excluding hydrogens is 238 g/mol. The number of rotatable bonds is 3. The second-order valence-electron chi connectivity index (χ2n) is 2.21. The molecule has 12 heavy (non-hydrogen) atoms. The lowest BCUT2D eigenvalue weighted by Crippen LogP contribution is -2.17. The van der Waals surface area contributed by atoms with Crippen molar-refractivity contribution >= 4 is 33.1 Å². The van der Waals surface area contributed by atoms with Gasteiger partial charge in [0.15, 0.2) is 0 Å². The molecule has 0 aliphatic heterocycles. The van der Waals surface area contributed by atoms with Crippen LogP contribution in [0.4, 0.5) is 0 Å². The highest BCUT2D eigenvalue weighted by Crippen LogP contribution is 2.15. The van der Waals surface area contributed by atoms with E-state index in [0.29, 0.717) is 4.99 Å². The highest BCUT2D eigenvalue weighted by Gasteiger charge is 1.93. The molecule has 1 rings (SSSR count). The summed E-state index contributed by atoms with van der Waals surface area (Å²) < 4.78 is 6.25. The van der Waals surface area contributed by atoms with E-state index in [1.807, 2.05) is 24.3 Å². The minimum Gasteiger partial charge on any atom is -0.487 e. The van der Waals surface area contributed by atoms with E-state index in [4.69, 9.17) is 10.5 Å². The van der Waals surface area contributed by atoms with Gasteiger partial charge in [0.25, 0.3) is 0 Å². The van der Waals surface area contributed by atoms with Gasteiger partial charge in [0, 0.05) is 4.47 Å². The van der Waals surface area contributed by atoms with Crippen LogP contribution in [-0.4, -0.2) is 11.6 Å². The maximum atomic E-state index is 5.27. The van der Waals surface area contributed by atoms with Crippen LogP contribution in [0.25, 0.3) is 0 Å². The van der Waals surface area contributed by atoms with Crippen molar-refractivity contribution in [1.29, 1.82) is 0 Å². The van der Waals surface area contributed by atoms with Crippen LogP contribution < -0.4 is 10.5 Å². The van der Waals surface area contributed by atoms with Gasteiger partial charge >= 0.3 is 0 Å². The molecule has 4 heteroatoms. The molecule has 0 saturated carbocycles. The SMILES string of the molecule is NC(=S)COc1ccc(Br)cc1. The standard InChI is InChI=1S/C8H8BrNOS/c9-6-1-3-7(4-2-6)11-5-8(10)12/h1-4H,5H2,(H2,10,12). The first kappa shape index (κ1) is 9.48. The summed E-state index contributed by atoms with van der Waals surface area (Å²) in [7, 11) is 0. The van der Waals surface area contributed by atoms with Gasteiger partial charge in [-0.2, -0.15) is 0 Å². The van der Waals surface area contributed by atoms with Crippen LogP contribution >= 0.6 is 28.1 Å². The van der Waals surface area contributed by atoms with Gasteiger partial charge in [0.2, 0.25) is 0 Å². The fraction of sp³-hybridized carbons (Fsp3) is 0.125. The fourth-order valence-electron chi connectivity index (χ4n) is 0.685. The average Bonchev–Trinajstić information content (AvgIpc) is 2.03. The maximum absolute atomic E-state index is 5.27. The third-order valence-corrected chi connectivity index (χ3v) is 1.84. The van der Waals surface area contributed by atoms with E-state index in [9.17, 15) is 0 Å². The first-order valence-electron chi connectivity index (χ1n) is 3.35. The van der Waals surface area contributed by atoms with Crippen LogP contribution in [-0.2, 0) is 0 Å². The topological polar surface area (TPSA) is 35.2 Å². The summed E-state index contributed by atoms with van der Waals surface area (Å²) in [6.45, 7) is 0.289. The lowest BCUT2D eigenvalue weighted by molar-refractivity contribution is 0.377. The van der Waals surface area contributed by atoms with E-state index >= 15 is 0 Å². The van der Waals surface area contributed by atoms with Crippen molar-refractivity contribution in [3.05, 3.63) is 28.7 Å². The molecule has 0 fully saturated rings. The van der Waals surface area contributed by atoms with E-state index < -0.39 is 0 Å². The maximum Gasteiger partial charge on any atom is 0.138 e. The molecule has 0 aliphatic rings. The predicted molar refractivity (Wildman–Crippen MR) is 56.4 cm³/mol. The van der Waals surface area contributed by atoms with Crippen LogP contribution in [0, 0.1) is 0 Å². The number of ether oxygens (including phenoxy) is 1. The Balaban J connectivity index is 2.53. The number of hydrogen-bond donors (Lipinski definition) is 1. The van der Waals surface area contributed by atoms with Crippen molar-refractivity contribution in [2.75, 3.05) is 6.61 Å². The Bertz CT molecular complexity index is 273. The second-order valence-corrected chi connectivity index (χ2v) is 3.65. The number of thiocarbonyl (C=S) groups is 1. The van der Waals surface area contributed by atoms with E-state index in [1.165, 1.54) is 0 Å². The van der Waals surface area contributed by atoms with Crippen molar-refractivity contribution in [2.24, 2.45) is 5.73 Å². The summed E-state index contributed by atoms with van der Waals surface area (Å²) >= 11 is 7.98. The van der Waals surface area contributed by atoms with Gasteiger partial charge in [0.1, 0.15) is 17.3 Å². The van der Waals surface area contributed by atoms with E-state index in [-0.39, 0.29) is 6.61 Å². The molecule has 1 aromatic carbocycles. The molecule has 0 aliphatic carbocycles. The molecule has 0 saturated heterocycles. The number of hydrogen-bond acceptors (Lipinski definition) is 2. The van der Waals surface area contributed by atoms with Crippen molar-refractivity contribution in [2.45, 2.75) is 0 Å². The molecule has 64 valence electrons. The molecule has 0 amide bonds. The zero-order chi connectivity index (χ0) is 8.97. The van der Waals surface area contributed by atoms with E-state index in [2.05, 4.69) is 28.1 Å². The van der Waals surface area contributed by atoms with Gasteiger partial charge in [-0.05, 0) is 24.3 Å². The molecule has 0 unspecified atom stereocenters. The Morgan fingerprint density at radius 3 is 2.50 bits per heavy atom. The Hall–Kier alpha value is -0.610. The average molecular weight is 246 g/mol. The zero-order valence-electron chi connectivity index (χ0n) is 6.29. The molecule has 2 nitrogen and oxygen atoms in total. The first-order chi connectivity index (χ1) is 5.68. The highest BCUT2D eigenvalue weighted by molar-refractivity contribution is 9.10. The molecule has 0 spiro atoms. The highest BCUT2D eigenvalue weighted by atomic mass is 79.9. The quantitative estimate of drug-likeness (QED) is 0.829. The normalized spacial score (nSPS) is 9.42. The van der Waals surface area contributed by atoms with Gasteiger partial charge in [-0.3, -0.25) is 0 Å². The molecule has 0 bridgehead atoms. The van der Waals surface area contributed by atoms with Crippen molar-refractivity contribution in [1.82, 2.24) is 0 Å². The number of nitrogens with two attached hydrogens (primary N) is 1. The summed E-state index contributed by atoms with van der Waals surface area (Å²) in [6.07, 6.45) is 0. The van der Waals surface area contributed by atoms with Gasteiger partial charge < -0.3 is 10.5 Å². The minimum absolute atomic E-state index is 0.289. The lowest BCUT2D eigenvalue weighted by Gasteiger charge is -2.03. The molecular formula is C8H8BrNOS. The summed E-state index contributed by atoms with van der Waals surface area (Å²) in [6, 6.07) is 7.49. The fourth-order valence-corrected chi connectivity index (χ4v) is 1.01. The summed E-state index contributed by atoms with van der Waals surface area (Å²) in [4.78, 5) is 0.359. The van der Waals surface area contributed by atoms with Gasteiger partial charge in [-0.15, -0.1) is 0 Å². The van der Waals surface area contributed by atoms with Crippen LogP contribution in [0.3, 0.4) is 0 Å². The van der Waals surface area contributed by atoms with Crippen molar-refractivity contribution in [3.63, 3.8) is 0 Å². The summed E-state index contributed by atoms with van der Waals surface area (Å²) in [5, 5.41) is 0. The van der Waals surface area contributed by atoms with Crippen LogP contribution in [0.5, 0.6) is 5.75 Å². The second kappa shape index (κ2) is 4.42. The molecule has 2 N–H and O–H groups in total. The van der Waals surface area contributed by atoms with Gasteiger partial charge in [-0.1, -0.05) is 28.1 Å². The van der Waals surface area contributed by atoms with Crippen molar-refractivity contribution < 1.29 is 4.74 Å². The zero-order valence-corrected chi connectivity index (χ0v) is 8.69. The third kappa shape index (κ3) is 3.19. The van der Waals surface area contributed by atoms with Crippen LogP contribution in [0.2, 0.25) is 0 Å². The molecule has 0 heterocycles. The summed E-state index contributed by atoms with van der Waals surface area (Å²) in [5.41, 5.74) is 5.27. The molecule has 0 atom stereocenters. The Kier molecular flexibility index (Phi) is 3.49. The molecule has 0 aromatic heterocycles. The number of halogens is 1. The first-order valence-corrected chi connectivity index (χ1v) is 4.55.